The molecule has 1 amide bonds. The van der Waals surface area contributed by atoms with Crippen LogP contribution in [0.5, 0.6) is 0 Å². The van der Waals surface area contributed by atoms with Crippen molar-refractivity contribution in [1.29, 1.82) is 0 Å². The minimum absolute atomic E-state index is 0.0165. The molecule has 0 spiro atoms. The van der Waals surface area contributed by atoms with E-state index in [1.807, 2.05) is 0 Å². The van der Waals surface area contributed by atoms with E-state index in [4.69, 9.17) is 4.42 Å². The van der Waals surface area contributed by atoms with Crippen LogP contribution in [0, 0.1) is 5.82 Å². The number of carbonyl (C=O) groups excluding carboxylic acids is 1. The molecule has 2 aromatic rings. The lowest BCUT2D eigenvalue weighted by molar-refractivity contribution is 0.0946. The fourth-order valence-corrected chi connectivity index (χ4v) is 1.72. The molecule has 0 radical (unpaired) electrons. The lowest BCUT2D eigenvalue weighted by atomic mass is 10.2. The van der Waals surface area contributed by atoms with Gasteiger partial charge in [0.2, 0.25) is 0 Å². The molecular weight excluding hydrogens is 289 g/mol. The number of halogens is 2. The van der Waals surface area contributed by atoms with Crippen molar-refractivity contribution in [2.45, 2.75) is 6.54 Å². The first kappa shape index (κ1) is 11.9. The van der Waals surface area contributed by atoms with E-state index in [0.29, 0.717) is 6.54 Å². The van der Waals surface area contributed by atoms with Gasteiger partial charge in [-0.15, -0.1) is 0 Å². The quantitative estimate of drug-likeness (QED) is 0.946. The summed E-state index contributed by atoms with van der Waals surface area (Å²) >= 11 is 3.03. The van der Waals surface area contributed by atoms with E-state index in [2.05, 4.69) is 21.2 Å². The Bertz CT molecular complexity index is 525. The van der Waals surface area contributed by atoms with Crippen LogP contribution in [0.1, 0.15) is 15.9 Å². The summed E-state index contributed by atoms with van der Waals surface area (Å²) in [6, 6.07) is 6.32. The number of hydrogen-bond acceptors (Lipinski definition) is 2. The third-order valence-electron chi connectivity index (χ3n) is 2.23. The molecule has 3 nitrogen and oxygen atoms in total. The summed E-state index contributed by atoms with van der Waals surface area (Å²) in [5.74, 6) is -1.01. The highest BCUT2D eigenvalue weighted by atomic mass is 79.9. The van der Waals surface area contributed by atoms with Gasteiger partial charge in [0.25, 0.3) is 5.91 Å². The summed E-state index contributed by atoms with van der Waals surface area (Å²) in [6.45, 7) is 0.307. The predicted octanol–water partition coefficient (Wildman–Crippen LogP) is 3.11. The summed E-state index contributed by atoms with van der Waals surface area (Å²) in [6.07, 6.45) is 3.04. The number of furan rings is 1. The van der Waals surface area contributed by atoms with Gasteiger partial charge in [-0.05, 0) is 34.1 Å². The highest BCUT2D eigenvalue weighted by molar-refractivity contribution is 9.10. The predicted molar refractivity (Wildman–Crippen MR) is 64.0 cm³/mol. The van der Waals surface area contributed by atoms with Gasteiger partial charge in [0.15, 0.2) is 0 Å². The zero-order valence-electron chi connectivity index (χ0n) is 8.74. The van der Waals surface area contributed by atoms with Crippen LogP contribution in [-0.4, -0.2) is 5.91 Å². The molecule has 0 saturated heterocycles. The molecule has 1 aromatic heterocycles. The third-order valence-corrected chi connectivity index (χ3v) is 2.84. The van der Waals surface area contributed by atoms with Crippen LogP contribution in [0.2, 0.25) is 0 Å². The normalized spacial score (nSPS) is 10.2. The van der Waals surface area contributed by atoms with Crippen molar-refractivity contribution < 1.29 is 13.6 Å². The smallest absolute Gasteiger partial charge is 0.254 e. The maximum Gasteiger partial charge on any atom is 0.254 e. The van der Waals surface area contributed by atoms with Crippen LogP contribution in [0.15, 0.2) is 45.7 Å². The first-order valence-corrected chi connectivity index (χ1v) is 5.71. The second kappa shape index (κ2) is 5.14. The lowest BCUT2D eigenvalue weighted by Gasteiger charge is -2.05. The summed E-state index contributed by atoms with van der Waals surface area (Å²) in [7, 11) is 0. The molecule has 0 atom stereocenters. The van der Waals surface area contributed by atoms with E-state index in [1.54, 1.807) is 18.2 Å². The Balaban J connectivity index is 2.07. The Morgan fingerprint density at radius 3 is 2.94 bits per heavy atom. The minimum Gasteiger partial charge on any atom is -0.472 e. The molecule has 0 bridgehead atoms. The van der Waals surface area contributed by atoms with E-state index in [1.165, 1.54) is 18.6 Å². The number of amides is 1. The van der Waals surface area contributed by atoms with E-state index < -0.39 is 11.7 Å². The molecular formula is C12H9BrFNO2. The molecule has 5 heteroatoms. The highest BCUT2D eigenvalue weighted by Gasteiger charge is 2.13. The topological polar surface area (TPSA) is 42.2 Å². The molecule has 0 aliphatic rings. The van der Waals surface area contributed by atoms with Crippen molar-refractivity contribution in [1.82, 2.24) is 5.32 Å². The zero-order valence-corrected chi connectivity index (χ0v) is 10.3. The molecule has 1 N–H and O–H groups in total. The molecule has 2 rings (SSSR count). The van der Waals surface area contributed by atoms with Crippen molar-refractivity contribution in [3.8, 4) is 0 Å². The van der Waals surface area contributed by atoms with Gasteiger partial charge in [-0.1, -0.05) is 6.07 Å². The van der Waals surface area contributed by atoms with Gasteiger partial charge in [0, 0.05) is 12.1 Å². The van der Waals surface area contributed by atoms with Gasteiger partial charge in [-0.25, -0.2) is 4.39 Å². The van der Waals surface area contributed by atoms with Gasteiger partial charge in [-0.2, -0.15) is 0 Å². The van der Waals surface area contributed by atoms with E-state index >= 15 is 0 Å². The highest BCUT2D eigenvalue weighted by Crippen LogP contribution is 2.18. The molecule has 1 heterocycles. The van der Waals surface area contributed by atoms with Crippen LogP contribution in [0.4, 0.5) is 4.39 Å². The number of hydrogen-bond donors (Lipinski definition) is 1. The maximum absolute atomic E-state index is 13.6. The Labute approximate surface area is 106 Å². The minimum atomic E-state index is -0.558. The average Bonchev–Trinajstić information content (AvgIpc) is 2.82. The van der Waals surface area contributed by atoms with Gasteiger partial charge >= 0.3 is 0 Å². The van der Waals surface area contributed by atoms with Gasteiger partial charge in [0.05, 0.1) is 22.6 Å². The van der Waals surface area contributed by atoms with Crippen molar-refractivity contribution in [2.75, 3.05) is 0 Å². The standard InChI is InChI=1S/C12H9BrFNO2/c13-10-3-1-2-9(11(10)14)12(16)15-6-8-4-5-17-7-8/h1-5,7H,6H2,(H,15,16). The van der Waals surface area contributed by atoms with Crippen LogP contribution < -0.4 is 5.32 Å². The first-order valence-electron chi connectivity index (χ1n) is 4.92. The SMILES string of the molecule is O=C(NCc1ccoc1)c1cccc(Br)c1F. The molecule has 0 unspecified atom stereocenters. The van der Waals surface area contributed by atoms with Crippen LogP contribution in [0.3, 0.4) is 0 Å². The number of carbonyl (C=O) groups is 1. The maximum atomic E-state index is 13.6. The van der Waals surface area contributed by atoms with E-state index in [-0.39, 0.29) is 10.0 Å². The van der Waals surface area contributed by atoms with Gasteiger partial charge in [-0.3, -0.25) is 4.79 Å². The third kappa shape index (κ3) is 2.74. The first-order chi connectivity index (χ1) is 8.18. The molecule has 17 heavy (non-hydrogen) atoms. The Morgan fingerprint density at radius 2 is 2.24 bits per heavy atom. The number of nitrogens with one attached hydrogen (secondary N) is 1. The summed E-state index contributed by atoms with van der Waals surface area (Å²) in [5.41, 5.74) is 0.844. The fraction of sp³-hybridized carbons (Fsp3) is 0.0833. The Morgan fingerprint density at radius 1 is 1.41 bits per heavy atom. The Kier molecular flexibility index (Phi) is 3.58. The van der Waals surface area contributed by atoms with E-state index in [0.717, 1.165) is 5.56 Å². The summed E-state index contributed by atoms with van der Waals surface area (Å²) < 4.78 is 18.7. The molecule has 0 aliphatic heterocycles. The molecule has 0 aliphatic carbocycles. The zero-order chi connectivity index (χ0) is 12.3. The largest absolute Gasteiger partial charge is 0.472 e. The monoisotopic (exact) mass is 297 g/mol. The summed E-state index contributed by atoms with van der Waals surface area (Å²) in [5, 5.41) is 2.61. The van der Waals surface area contributed by atoms with Crippen molar-refractivity contribution >= 4 is 21.8 Å². The van der Waals surface area contributed by atoms with Crippen LogP contribution >= 0.6 is 15.9 Å². The van der Waals surface area contributed by atoms with Crippen molar-refractivity contribution in [2.24, 2.45) is 0 Å². The molecule has 88 valence electrons. The second-order valence-corrected chi connectivity index (χ2v) is 4.27. The van der Waals surface area contributed by atoms with Gasteiger partial charge in [0.1, 0.15) is 5.82 Å². The van der Waals surface area contributed by atoms with Crippen LogP contribution in [0.25, 0.3) is 0 Å². The molecule has 1 aromatic carbocycles. The van der Waals surface area contributed by atoms with E-state index in [9.17, 15) is 9.18 Å². The number of rotatable bonds is 3. The van der Waals surface area contributed by atoms with Gasteiger partial charge < -0.3 is 9.73 Å². The number of benzene rings is 1. The fourth-order valence-electron chi connectivity index (χ4n) is 1.35. The Hall–Kier alpha value is -1.62. The summed E-state index contributed by atoms with van der Waals surface area (Å²) in [4.78, 5) is 11.7. The second-order valence-electron chi connectivity index (χ2n) is 3.42. The molecule has 0 fully saturated rings. The molecule has 0 saturated carbocycles. The van der Waals surface area contributed by atoms with Crippen LogP contribution in [-0.2, 0) is 6.54 Å². The average molecular weight is 298 g/mol. The van der Waals surface area contributed by atoms with Crippen molar-refractivity contribution in [3.05, 3.63) is 58.2 Å². The lowest BCUT2D eigenvalue weighted by Crippen LogP contribution is -2.23. The van der Waals surface area contributed by atoms with Crippen molar-refractivity contribution in [3.63, 3.8) is 0 Å².